The molecule has 0 aliphatic carbocycles. The molecule has 0 saturated carbocycles. The van der Waals surface area contributed by atoms with Gasteiger partial charge in [-0.25, -0.2) is 9.18 Å². The van der Waals surface area contributed by atoms with Gasteiger partial charge < -0.3 is 10.0 Å². The maximum atomic E-state index is 13.8. The lowest BCUT2D eigenvalue weighted by atomic mass is 10.0. The van der Waals surface area contributed by atoms with Crippen molar-refractivity contribution in [1.29, 1.82) is 0 Å². The fraction of sp³-hybridized carbons (Fsp3) is 0.385. The first-order chi connectivity index (χ1) is 9.00. The van der Waals surface area contributed by atoms with Crippen LogP contribution in [0.25, 0.3) is 0 Å². The lowest BCUT2D eigenvalue weighted by Crippen LogP contribution is -2.48. The third-order valence-electron chi connectivity index (χ3n) is 3.21. The van der Waals surface area contributed by atoms with Crippen molar-refractivity contribution in [3.8, 4) is 0 Å². The molecular formula is C13H13BrFNO3. The molecule has 4 nitrogen and oxygen atoms in total. The van der Waals surface area contributed by atoms with Crippen LogP contribution in [0.2, 0.25) is 0 Å². The van der Waals surface area contributed by atoms with Crippen LogP contribution in [-0.2, 0) is 4.79 Å². The van der Waals surface area contributed by atoms with Gasteiger partial charge in [-0.05, 0) is 37.5 Å². The first kappa shape index (κ1) is 14.0. The zero-order valence-electron chi connectivity index (χ0n) is 10.1. The zero-order chi connectivity index (χ0) is 14.0. The first-order valence-electron chi connectivity index (χ1n) is 5.99. The molecule has 1 aliphatic rings. The Morgan fingerprint density at radius 2 is 2.11 bits per heavy atom. The molecule has 1 amide bonds. The number of carbonyl (C=O) groups excluding carboxylic acids is 1. The normalized spacial score (nSPS) is 19.3. The molecule has 6 heteroatoms. The molecule has 19 heavy (non-hydrogen) atoms. The molecule has 1 aromatic rings. The van der Waals surface area contributed by atoms with Crippen molar-refractivity contribution in [3.63, 3.8) is 0 Å². The van der Waals surface area contributed by atoms with Gasteiger partial charge in [-0.2, -0.15) is 0 Å². The molecule has 1 aliphatic heterocycles. The molecule has 102 valence electrons. The van der Waals surface area contributed by atoms with Gasteiger partial charge in [-0.3, -0.25) is 4.79 Å². The lowest BCUT2D eigenvalue weighted by molar-refractivity contribution is -0.143. The average molecular weight is 330 g/mol. The van der Waals surface area contributed by atoms with Crippen molar-refractivity contribution in [2.45, 2.75) is 25.3 Å². The second kappa shape index (κ2) is 5.69. The molecule has 1 atom stereocenters. The van der Waals surface area contributed by atoms with E-state index in [0.29, 0.717) is 17.4 Å². The summed E-state index contributed by atoms with van der Waals surface area (Å²) in [5, 5.41) is 9.12. The van der Waals surface area contributed by atoms with E-state index in [2.05, 4.69) is 15.9 Å². The molecule has 0 bridgehead atoms. The summed E-state index contributed by atoms with van der Waals surface area (Å²) in [5.74, 6) is -2.24. The van der Waals surface area contributed by atoms with Crippen molar-refractivity contribution < 1.29 is 19.1 Å². The van der Waals surface area contributed by atoms with Crippen molar-refractivity contribution in [3.05, 3.63) is 34.1 Å². The number of carbonyl (C=O) groups is 2. The number of nitrogens with zero attached hydrogens (tertiary/aromatic N) is 1. The summed E-state index contributed by atoms with van der Waals surface area (Å²) in [4.78, 5) is 24.6. The smallest absolute Gasteiger partial charge is 0.326 e. The molecule has 0 spiro atoms. The largest absolute Gasteiger partial charge is 0.480 e. The first-order valence-corrected chi connectivity index (χ1v) is 6.79. The van der Waals surface area contributed by atoms with Crippen molar-refractivity contribution >= 4 is 27.8 Å². The second-order valence-corrected chi connectivity index (χ2v) is 5.39. The van der Waals surface area contributed by atoms with Crippen LogP contribution in [0.3, 0.4) is 0 Å². The quantitative estimate of drug-likeness (QED) is 0.907. The Morgan fingerprint density at radius 1 is 1.37 bits per heavy atom. The Balaban J connectivity index is 2.28. The number of hydrogen-bond acceptors (Lipinski definition) is 2. The van der Waals surface area contributed by atoms with Crippen molar-refractivity contribution in [2.75, 3.05) is 6.54 Å². The molecule has 1 fully saturated rings. The fourth-order valence-electron chi connectivity index (χ4n) is 2.25. The highest BCUT2D eigenvalue weighted by molar-refractivity contribution is 9.10. The van der Waals surface area contributed by atoms with E-state index in [0.717, 1.165) is 12.8 Å². The Labute approximate surface area is 118 Å². The SMILES string of the molecule is O=C(O)C1CCCCN1C(=O)c1ccc(Br)cc1F. The van der Waals surface area contributed by atoms with Crippen molar-refractivity contribution in [1.82, 2.24) is 4.90 Å². The van der Waals surface area contributed by atoms with Gasteiger partial charge in [0.1, 0.15) is 11.9 Å². The van der Waals surface area contributed by atoms with Gasteiger partial charge in [0.2, 0.25) is 0 Å². The topological polar surface area (TPSA) is 57.6 Å². The summed E-state index contributed by atoms with van der Waals surface area (Å²) in [6.45, 7) is 0.352. The van der Waals surface area contributed by atoms with Gasteiger partial charge in [-0.1, -0.05) is 15.9 Å². The number of hydrogen-bond donors (Lipinski definition) is 1. The van der Waals surface area contributed by atoms with Crippen LogP contribution < -0.4 is 0 Å². The second-order valence-electron chi connectivity index (χ2n) is 4.47. The fourth-order valence-corrected chi connectivity index (χ4v) is 2.58. The van der Waals surface area contributed by atoms with Crippen molar-refractivity contribution in [2.24, 2.45) is 0 Å². The van der Waals surface area contributed by atoms with Crippen LogP contribution in [-0.4, -0.2) is 34.5 Å². The number of amides is 1. The highest BCUT2D eigenvalue weighted by Gasteiger charge is 2.33. The maximum absolute atomic E-state index is 13.8. The predicted octanol–water partition coefficient (Wildman–Crippen LogP) is 2.67. The standard InChI is InChI=1S/C13H13BrFNO3/c14-8-4-5-9(10(15)7-8)12(17)16-6-2-1-3-11(16)13(18)19/h4-5,7,11H,1-3,6H2,(H,18,19). The molecule has 1 saturated heterocycles. The number of piperidine rings is 1. The van der Waals surface area contributed by atoms with Gasteiger partial charge in [0.25, 0.3) is 5.91 Å². The van der Waals surface area contributed by atoms with Gasteiger partial charge in [-0.15, -0.1) is 0 Å². The minimum absolute atomic E-state index is 0.0867. The molecule has 2 rings (SSSR count). The summed E-state index contributed by atoms with van der Waals surface area (Å²) in [6, 6.07) is 3.28. The average Bonchev–Trinajstić information content (AvgIpc) is 2.38. The summed E-state index contributed by atoms with van der Waals surface area (Å²) < 4.78 is 14.3. The van der Waals surface area contributed by atoms with Gasteiger partial charge in [0.15, 0.2) is 0 Å². The van der Waals surface area contributed by atoms with Gasteiger partial charge in [0.05, 0.1) is 5.56 Å². The number of carboxylic acid groups (broad SMARTS) is 1. The number of carboxylic acids is 1. The monoisotopic (exact) mass is 329 g/mol. The van der Waals surface area contributed by atoms with Crippen LogP contribution in [0, 0.1) is 5.82 Å². The van der Waals surface area contributed by atoms with Crippen LogP contribution in [0.5, 0.6) is 0 Å². The Bertz CT molecular complexity index is 521. The van der Waals surface area contributed by atoms with Crippen LogP contribution in [0.1, 0.15) is 29.6 Å². The summed E-state index contributed by atoms with van der Waals surface area (Å²) in [6.07, 6.45) is 1.93. The van der Waals surface area contributed by atoms with E-state index in [1.165, 1.54) is 17.0 Å². The van der Waals surface area contributed by atoms with Crippen LogP contribution >= 0.6 is 15.9 Å². The highest BCUT2D eigenvalue weighted by atomic mass is 79.9. The minimum atomic E-state index is -1.04. The van der Waals surface area contributed by atoms with Gasteiger partial charge in [0, 0.05) is 11.0 Å². The van der Waals surface area contributed by atoms with E-state index in [-0.39, 0.29) is 5.56 Å². The molecule has 0 radical (unpaired) electrons. The van der Waals surface area contributed by atoms with E-state index < -0.39 is 23.7 Å². The Kier molecular flexibility index (Phi) is 4.19. The number of aliphatic carboxylic acids is 1. The molecule has 1 heterocycles. The minimum Gasteiger partial charge on any atom is -0.480 e. The molecule has 1 N–H and O–H groups in total. The third kappa shape index (κ3) is 2.94. The maximum Gasteiger partial charge on any atom is 0.326 e. The molecular weight excluding hydrogens is 317 g/mol. The number of halogens is 2. The van der Waals surface area contributed by atoms with Crippen LogP contribution in [0.4, 0.5) is 4.39 Å². The summed E-state index contributed by atoms with van der Waals surface area (Å²) >= 11 is 3.12. The van der Waals surface area contributed by atoms with Gasteiger partial charge >= 0.3 is 5.97 Å². The predicted molar refractivity (Wildman–Crippen MR) is 70.4 cm³/mol. The lowest BCUT2D eigenvalue weighted by Gasteiger charge is -2.33. The number of rotatable bonds is 2. The Morgan fingerprint density at radius 3 is 2.74 bits per heavy atom. The molecule has 0 aromatic heterocycles. The number of likely N-dealkylation sites (tertiary alicyclic amines) is 1. The van der Waals surface area contributed by atoms with Crippen LogP contribution in [0.15, 0.2) is 22.7 Å². The summed E-state index contributed by atoms with van der Waals surface area (Å²) in [7, 11) is 0. The molecule has 1 aromatic carbocycles. The molecule has 1 unspecified atom stereocenters. The van der Waals surface area contributed by atoms with E-state index >= 15 is 0 Å². The van der Waals surface area contributed by atoms with E-state index in [1.807, 2.05) is 0 Å². The zero-order valence-corrected chi connectivity index (χ0v) is 11.7. The summed E-state index contributed by atoms with van der Waals surface area (Å²) in [5.41, 5.74) is -0.0867. The van der Waals surface area contributed by atoms with E-state index in [1.54, 1.807) is 6.07 Å². The van der Waals surface area contributed by atoms with E-state index in [9.17, 15) is 14.0 Å². The highest BCUT2D eigenvalue weighted by Crippen LogP contribution is 2.22. The third-order valence-corrected chi connectivity index (χ3v) is 3.70. The Hall–Kier alpha value is -1.43. The van der Waals surface area contributed by atoms with E-state index in [4.69, 9.17) is 5.11 Å². The number of benzene rings is 1.